The molecule has 0 amide bonds. The zero-order valence-corrected chi connectivity index (χ0v) is 13.8. The molecule has 114 valence electrons. The summed E-state index contributed by atoms with van der Waals surface area (Å²) in [6.07, 6.45) is 16.1. The summed E-state index contributed by atoms with van der Waals surface area (Å²) in [5.41, 5.74) is 0. The zero-order valence-electron chi connectivity index (χ0n) is 13.0. The standard InChI is InChI=1S/C19H26OS/c1-3-5-6-7-8-9-10-11-12-18-15-16-19(21-18)14-13-17(20)4-2/h2,15-17,20H,3,5-12H2,1H3. The molecule has 1 aromatic heterocycles. The largest absolute Gasteiger partial charge is 0.369 e. The molecule has 0 radical (unpaired) electrons. The smallest absolute Gasteiger partial charge is 0.176 e. The van der Waals surface area contributed by atoms with E-state index in [4.69, 9.17) is 6.42 Å². The Morgan fingerprint density at radius 3 is 2.43 bits per heavy atom. The third-order valence-electron chi connectivity index (χ3n) is 3.43. The van der Waals surface area contributed by atoms with E-state index in [9.17, 15) is 5.11 Å². The van der Waals surface area contributed by atoms with Crippen molar-refractivity contribution < 1.29 is 5.11 Å². The second-order valence-corrected chi connectivity index (χ2v) is 6.50. The van der Waals surface area contributed by atoms with Crippen molar-refractivity contribution in [1.82, 2.24) is 0 Å². The highest BCUT2D eigenvalue weighted by Crippen LogP contribution is 2.18. The maximum Gasteiger partial charge on any atom is 0.176 e. The minimum Gasteiger partial charge on any atom is -0.369 e. The van der Waals surface area contributed by atoms with E-state index in [-0.39, 0.29) is 0 Å². The second kappa shape index (κ2) is 11.4. The van der Waals surface area contributed by atoms with E-state index in [1.165, 1.54) is 56.2 Å². The molecule has 0 aliphatic heterocycles. The molecule has 0 bridgehead atoms. The first-order valence-electron chi connectivity index (χ1n) is 8.00. The average Bonchev–Trinajstić information content (AvgIpc) is 2.95. The van der Waals surface area contributed by atoms with Crippen LogP contribution in [0.15, 0.2) is 12.1 Å². The highest BCUT2D eigenvalue weighted by atomic mass is 32.1. The van der Waals surface area contributed by atoms with Crippen molar-refractivity contribution >= 4 is 11.3 Å². The number of aryl methyl sites for hydroxylation is 1. The maximum absolute atomic E-state index is 9.20. The Labute approximate surface area is 133 Å². The van der Waals surface area contributed by atoms with Gasteiger partial charge in [-0.1, -0.05) is 69.6 Å². The van der Waals surface area contributed by atoms with Crippen molar-refractivity contribution in [2.75, 3.05) is 0 Å². The summed E-state index contributed by atoms with van der Waals surface area (Å²) in [6, 6.07) is 4.15. The minimum absolute atomic E-state index is 0.955. The first-order chi connectivity index (χ1) is 10.3. The molecule has 0 aromatic carbocycles. The van der Waals surface area contributed by atoms with Crippen LogP contribution in [0.3, 0.4) is 0 Å². The van der Waals surface area contributed by atoms with Crippen molar-refractivity contribution in [2.45, 2.75) is 70.8 Å². The molecule has 0 aliphatic carbocycles. The zero-order chi connectivity index (χ0) is 15.3. The lowest BCUT2D eigenvalue weighted by Crippen LogP contribution is -1.95. The summed E-state index contributed by atoms with van der Waals surface area (Å²) in [5, 5.41) is 9.20. The predicted octanol–water partition coefficient (Wildman–Crippen LogP) is 4.78. The predicted molar refractivity (Wildman–Crippen MR) is 92.4 cm³/mol. The number of unbranched alkanes of at least 4 members (excludes halogenated alkanes) is 7. The van der Waals surface area contributed by atoms with Gasteiger partial charge in [0.1, 0.15) is 0 Å². The number of aliphatic hydroxyl groups is 1. The molecule has 1 rings (SSSR count). The summed E-state index contributed by atoms with van der Waals surface area (Å²) in [4.78, 5) is 2.36. The summed E-state index contributed by atoms with van der Waals surface area (Å²) in [5.74, 6) is 7.76. The van der Waals surface area contributed by atoms with E-state index < -0.39 is 6.10 Å². The number of hydrogen-bond donors (Lipinski definition) is 1. The van der Waals surface area contributed by atoms with Crippen LogP contribution in [-0.4, -0.2) is 11.2 Å². The average molecular weight is 302 g/mol. The van der Waals surface area contributed by atoms with Crippen LogP contribution in [0, 0.1) is 24.2 Å². The van der Waals surface area contributed by atoms with E-state index in [0.717, 1.165) is 11.3 Å². The van der Waals surface area contributed by atoms with Crippen LogP contribution in [0.5, 0.6) is 0 Å². The normalized spacial score (nSPS) is 11.5. The first-order valence-corrected chi connectivity index (χ1v) is 8.82. The van der Waals surface area contributed by atoms with E-state index in [1.54, 1.807) is 11.3 Å². The fraction of sp³-hybridized carbons (Fsp3) is 0.579. The van der Waals surface area contributed by atoms with Crippen LogP contribution >= 0.6 is 11.3 Å². The topological polar surface area (TPSA) is 20.2 Å². The lowest BCUT2D eigenvalue weighted by Gasteiger charge is -2.00. The van der Waals surface area contributed by atoms with Crippen LogP contribution in [-0.2, 0) is 6.42 Å². The van der Waals surface area contributed by atoms with Crippen molar-refractivity contribution in [3.05, 3.63) is 21.9 Å². The monoisotopic (exact) mass is 302 g/mol. The third kappa shape index (κ3) is 8.61. The molecular formula is C19H26OS. The Hall–Kier alpha value is -1.22. The number of rotatable bonds is 9. The molecule has 1 unspecified atom stereocenters. The molecule has 0 saturated heterocycles. The van der Waals surface area contributed by atoms with Gasteiger partial charge in [-0.2, -0.15) is 0 Å². The van der Waals surface area contributed by atoms with Crippen molar-refractivity contribution in [1.29, 1.82) is 0 Å². The highest BCUT2D eigenvalue weighted by Gasteiger charge is 1.99. The Morgan fingerprint density at radius 1 is 1.10 bits per heavy atom. The summed E-state index contributed by atoms with van der Waals surface area (Å²) in [6.45, 7) is 2.26. The molecule has 21 heavy (non-hydrogen) atoms. The van der Waals surface area contributed by atoms with Crippen molar-refractivity contribution in [2.24, 2.45) is 0 Å². The van der Waals surface area contributed by atoms with Gasteiger partial charge in [-0.3, -0.25) is 0 Å². The quantitative estimate of drug-likeness (QED) is 0.514. The lowest BCUT2D eigenvalue weighted by molar-refractivity contribution is 0.290. The molecule has 0 aliphatic rings. The lowest BCUT2D eigenvalue weighted by atomic mass is 10.1. The molecule has 1 heterocycles. The fourth-order valence-electron chi connectivity index (χ4n) is 2.19. The molecular weight excluding hydrogens is 276 g/mol. The van der Waals surface area contributed by atoms with Gasteiger partial charge in [0.25, 0.3) is 0 Å². The Kier molecular flexibility index (Phi) is 9.71. The summed E-state index contributed by atoms with van der Waals surface area (Å²) >= 11 is 1.71. The Morgan fingerprint density at radius 2 is 1.76 bits per heavy atom. The van der Waals surface area contributed by atoms with E-state index >= 15 is 0 Å². The number of aliphatic hydroxyl groups excluding tert-OH is 1. The van der Waals surface area contributed by atoms with Gasteiger partial charge in [0.05, 0.1) is 4.88 Å². The van der Waals surface area contributed by atoms with Gasteiger partial charge >= 0.3 is 0 Å². The molecule has 0 spiro atoms. The number of terminal acetylenes is 1. The van der Waals surface area contributed by atoms with Gasteiger partial charge < -0.3 is 5.11 Å². The van der Waals surface area contributed by atoms with Crippen molar-refractivity contribution in [3.8, 4) is 24.2 Å². The Bertz CT molecular complexity index is 484. The van der Waals surface area contributed by atoms with E-state index in [0.29, 0.717) is 0 Å². The highest BCUT2D eigenvalue weighted by molar-refractivity contribution is 7.12. The maximum atomic E-state index is 9.20. The van der Waals surface area contributed by atoms with Crippen molar-refractivity contribution in [3.63, 3.8) is 0 Å². The van der Waals surface area contributed by atoms with Gasteiger partial charge in [0, 0.05) is 4.88 Å². The van der Waals surface area contributed by atoms with Gasteiger partial charge in [0.2, 0.25) is 0 Å². The molecule has 2 heteroatoms. The van der Waals surface area contributed by atoms with Crippen LogP contribution in [0.1, 0.15) is 68.0 Å². The van der Waals surface area contributed by atoms with Gasteiger partial charge in [-0.15, -0.1) is 17.8 Å². The van der Waals surface area contributed by atoms with Gasteiger partial charge in [-0.25, -0.2) is 0 Å². The minimum atomic E-state index is -0.955. The number of thiophene rings is 1. The van der Waals surface area contributed by atoms with Crippen LogP contribution in [0.4, 0.5) is 0 Å². The number of hydrogen-bond acceptors (Lipinski definition) is 2. The summed E-state index contributed by atoms with van der Waals surface area (Å²) < 4.78 is 0. The second-order valence-electron chi connectivity index (χ2n) is 5.33. The van der Waals surface area contributed by atoms with Gasteiger partial charge in [0.15, 0.2) is 6.10 Å². The summed E-state index contributed by atoms with van der Waals surface area (Å²) in [7, 11) is 0. The van der Waals surface area contributed by atoms with Gasteiger partial charge in [-0.05, 0) is 25.0 Å². The molecule has 1 aromatic rings. The fourth-order valence-corrected chi connectivity index (χ4v) is 3.10. The molecule has 1 N–H and O–H groups in total. The van der Waals surface area contributed by atoms with Crippen LogP contribution < -0.4 is 0 Å². The molecule has 1 atom stereocenters. The van der Waals surface area contributed by atoms with Crippen LogP contribution in [0.2, 0.25) is 0 Å². The third-order valence-corrected chi connectivity index (χ3v) is 4.49. The SMILES string of the molecule is C#CC(O)C#Cc1ccc(CCCCCCCCCC)s1. The molecule has 0 saturated carbocycles. The Balaban J connectivity index is 2.14. The molecule has 0 fully saturated rings. The molecule has 1 nitrogen and oxygen atoms in total. The van der Waals surface area contributed by atoms with E-state index in [1.807, 2.05) is 6.07 Å². The van der Waals surface area contributed by atoms with Crippen LogP contribution in [0.25, 0.3) is 0 Å². The van der Waals surface area contributed by atoms with E-state index in [2.05, 4.69) is 30.8 Å². The first kappa shape index (κ1) is 17.8.